The molecule has 2 aromatic heterocycles. The van der Waals surface area contributed by atoms with Crippen molar-refractivity contribution in [2.45, 2.75) is 4.90 Å². The first-order chi connectivity index (χ1) is 12.7. The second-order valence-electron chi connectivity index (χ2n) is 5.39. The van der Waals surface area contributed by atoms with Crippen LogP contribution in [0.15, 0.2) is 35.2 Å². The van der Waals surface area contributed by atoms with Gasteiger partial charge < -0.3 is 14.8 Å². The van der Waals surface area contributed by atoms with Gasteiger partial charge in [0, 0.05) is 24.8 Å². The molecule has 0 fully saturated rings. The van der Waals surface area contributed by atoms with Crippen molar-refractivity contribution in [3.63, 3.8) is 0 Å². The summed E-state index contributed by atoms with van der Waals surface area (Å²) in [6.07, 6.45) is 0. The van der Waals surface area contributed by atoms with Crippen molar-refractivity contribution in [3.8, 4) is 10.7 Å². The van der Waals surface area contributed by atoms with Crippen molar-refractivity contribution in [1.82, 2.24) is 9.97 Å². The van der Waals surface area contributed by atoms with E-state index in [1.807, 2.05) is 12.1 Å². The molecule has 1 N–H and O–H groups in total. The number of anilines is 1. The van der Waals surface area contributed by atoms with E-state index < -0.39 is 5.95 Å². The third-order valence-corrected chi connectivity index (χ3v) is 5.62. The quantitative estimate of drug-likeness (QED) is 0.332. The van der Waals surface area contributed by atoms with Crippen molar-refractivity contribution >= 4 is 39.0 Å². The lowest BCUT2D eigenvalue weighted by Crippen LogP contribution is -2.04. The molecule has 0 aliphatic heterocycles. The first-order valence-electron chi connectivity index (χ1n) is 8.16. The highest BCUT2D eigenvalue weighted by molar-refractivity contribution is 7.99. The molecule has 0 aliphatic carbocycles. The predicted molar refractivity (Wildman–Crippen MR) is 106 cm³/mol. The van der Waals surface area contributed by atoms with Gasteiger partial charge >= 0.3 is 0 Å². The lowest BCUT2D eigenvalue weighted by Gasteiger charge is -2.03. The first kappa shape index (κ1) is 19.0. The highest BCUT2D eigenvalue weighted by Crippen LogP contribution is 2.32. The van der Waals surface area contributed by atoms with Crippen molar-refractivity contribution < 1.29 is 13.9 Å². The van der Waals surface area contributed by atoms with E-state index in [4.69, 9.17) is 9.47 Å². The summed E-state index contributed by atoms with van der Waals surface area (Å²) in [4.78, 5) is 9.74. The number of aromatic nitrogens is 2. The highest BCUT2D eigenvalue weighted by Gasteiger charge is 2.11. The van der Waals surface area contributed by atoms with Crippen LogP contribution in [-0.4, -0.2) is 49.7 Å². The summed E-state index contributed by atoms with van der Waals surface area (Å²) in [5.41, 5.74) is 1.82. The van der Waals surface area contributed by atoms with Crippen molar-refractivity contribution in [1.29, 1.82) is 0 Å². The van der Waals surface area contributed by atoms with E-state index in [0.717, 1.165) is 20.9 Å². The summed E-state index contributed by atoms with van der Waals surface area (Å²) < 4.78 is 25.4. The minimum atomic E-state index is -0.519. The van der Waals surface area contributed by atoms with Crippen LogP contribution in [0.25, 0.3) is 20.9 Å². The number of ether oxygens (including phenoxy) is 2. The van der Waals surface area contributed by atoms with Crippen LogP contribution in [-0.2, 0) is 9.47 Å². The normalized spacial score (nSPS) is 11.2. The Morgan fingerprint density at radius 2 is 2.04 bits per heavy atom. The van der Waals surface area contributed by atoms with Crippen LogP contribution < -0.4 is 5.32 Å². The van der Waals surface area contributed by atoms with Crippen LogP contribution in [0.3, 0.4) is 0 Å². The molecular formula is C18H20FN3O2S2. The van der Waals surface area contributed by atoms with E-state index in [1.54, 1.807) is 38.1 Å². The van der Waals surface area contributed by atoms with Crippen molar-refractivity contribution in [2.75, 3.05) is 45.0 Å². The van der Waals surface area contributed by atoms with Crippen molar-refractivity contribution in [3.05, 3.63) is 36.3 Å². The molecule has 0 radical (unpaired) electrons. The number of rotatable bonds is 9. The number of halogens is 1. The summed E-state index contributed by atoms with van der Waals surface area (Å²) >= 11 is 3.25. The van der Waals surface area contributed by atoms with Crippen LogP contribution in [0.1, 0.15) is 0 Å². The van der Waals surface area contributed by atoms with Gasteiger partial charge in [0.15, 0.2) is 0 Å². The SMILES string of the molecule is CNc1ccc(-c2nc3ccc(SCCOCCOC)cc3s2)nc1F. The fourth-order valence-electron chi connectivity index (χ4n) is 2.31. The summed E-state index contributed by atoms with van der Waals surface area (Å²) in [5.74, 6) is 0.355. The molecule has 0 bridgehead atoms. The standard InChI is InChI=1S/C18H20FN3O2S2/c1-20-14-5-6-15(21-17(14)19)18-22-13-4-3-12(11-16(13)26-18)25-10-9-24-8-7-23-2/h3-6,11,20H,7-10H2,1-2H3. The maximum absolute atomic E-state index is 13.9. The zero-order valence-corrected chi connectivity index (χ0v) is 16.3. The number of pyridine rings is 1. The molecule has 3 aromatic rings. The molecule has 0 saturated heterocycles. The second kappa shape index (κ2) is 9.27. The van der Waals surface area contributed by atoms with Gasteiger partial charge in [-0.2, -0.15) is 4.39 Å². The molecule has 0 aliphatic rings. The maximum Gasteiger partial charge on any atom is 0.236 e. The number of methoxy groups -OCH3 is 1. The van der Waals surface area contributed by atoms with E-state index >= 15 is 0 Å². The molecule has 2 heterocycles. The fraction of sp³-hybridized carbons (Fsp3) is 0.333. The van der Waals surface area contributed by atoms with Gasteiger partial charge in [-0.05, 0) is 30.3 Å². The minimum Gasteiger partial charge on any atom is -0.384 e. The summed E-state index contributed by atoms with van der Waals surface area (Å²) in [5, 5.41) is 3.48. The van der Waals surface area contributed by atoms with E-state index in [-0.39, 0.29) is 0 Å². The Kier molecular flexibility index (Phi) is 6.79. The zero-order valence-electron chi connectivity index (χ0n) is 14.6. The molecule has 0 amide bonds. The van der Waals surface area contributed by atoms with E-state index in [2.05, 4.69) is 21.4 Å². The van der Waals surface area contributed by atoms with Crippen molar-refractivity contribution in [2.24, 2.45) is 0 Å². The topological polar surface area (TPSA) is 56.3 Å². The highest BCUT2D eigenvalue weighted by atomic mass is 32.2. The van der Waals surface area contributed by atoms with Crippen LogP contribution in [0.5, 0.6) is 0 Å². The third kappa shape index (κ3) is 4.70. The molecule has 138 valence electrons. The average molecular weight is 394 g/mol. The molecule has 5 nitrogen and oxygen atoms in total. The maximum atomic E-state index is 13.9. The van der Waals surface area contributed by atoms with Gasteiger partial charge in [0.25, 0.3) is 0 Å². The zero-order chi connectivity index (χ0) is 18.4. The number of thioether (sulfide) groups is 1. The smallest absolute Gasteiger partial charge is 0.236 e. The Balaban J connectivity index is 1.68. The Morgan fingerprint density at radius 1 is 1.15 bits per heavy atom. The molecule has 26 heavy (non-hydrogen) atoms. The number of nitrogens with one attached hydrogen (secondary N) is 1. The second-order valence-corrected chi connectivity index (χ2v) is 7.59. The van der Waals surface area contributed by atoms with Crippen LogP contribution >= 0.6 is 23.1 Å². The largest absolute Gasteiger partial charge is 0.384 e. The molecule has 0 saturated carbocycles. The van der Waals surface area contributed by atoms with E-state index in [0.29, 0.717) is 36.2 Å². The van der Waals surface area contributed by atoms with Gasteiger partial charge in [-0.15, -0.1) is 23.1 Å². The number of hydrogen-bond acceptors (Lipinski definition) is 7. The monoisotopic (exact) mass is 393 g/mol. The number of hydrogen-bond donors (Lipinski definition) is 1. The third-order valence-electron chi connectivity index (χ3n) is 3.63. The average Bonchev–Trinajstić information content (AvgIpc) is 3.08. The summed E-state index contributed by atoms with van der Waals surface area (Å²) in [6, 6.07) is 9.59. The Morgan fingerprint density at radius 3 is 2.81 bits per heavy atom. The molecule has 1 aromatic carbocycles. The van der Waals surface area contributed by atoms with Gasteiger partial charge in [-0.1, -0.05) is 0 Å². The van der Waals surface area contributed by atoms with E-state index in [9.17, 15) is 4.39 Å². The molecule has 8 heteroatoms. The van der Waals surface area contributed by atoms with Crippen LogP contribution in [0, 0.1) is 5.95 Å². The van der Waals surface area contributed by atoms with Crippen LogP contribution in [0.4, 0.5) is 10.1 Å². The van der Waals surface area contributed by atoms with Gasteiger partial charge in [0.05, 0.1) is 35.7 Å². The molecule has 3 rings (SSSR count). The first-order valence-corrected chi connectivity index (χ1v) is 9.96. The predicted octanol–water partition coefficient (Wildman–Crippen LogP) is 4.29. The Labute approximate surface area is 160 Å². The molecule has 0 atom stereocenters. The lowest BCUT2D eigenvalue weighted by molar-refractivity contribution is 0.0790. The van der Waals surface area contributed by atoms with Gasteiger partial charge in [0.1, 0.15) is 10.7 Å². The van der Waals surface area contributed by atoms with Crippen LogP contribution in [0.2, 0.25) is 0 Å². The Hall–Kier alpha value is -1.74. The van der Waals surface area contributed by atoms with Gasteiger partial charge in [0.2, 0.25) is 5.95 Å². The Bertz CT molecular complexity index is 873. The van der Waals surface area contributed by atoms with Gasteiger partial charge in [-0.3, -0.25) is 0 Å². The summed E-state index contributed by atoms with van der Waals surface area (Å²) in [7, 11) is 3.33. The number of thiazole rings is 1. The fourth-order valence-corrected chi connectivity index (χ4v) is 4.16. The number of benzene rings is 1. The molecule has 0 unspecified atom stereocenters. The van der Waals surface area contributed by atoms with E-state index in [1.165, 1.54) is 11.3 Å². The summed E-state index contributed by atoms with van der Waals surface area (Å²) in [6.45, 7) is 1.91. The lowest BCUT2D eigenvalue weighted by atomic mass is 10.3. The minimum absolute atomic E-state index is 0.376. The number of fused-ring (bicyclic) bond motifs is 1. The molecular weight excluding hydrogens is 373 g/mol. The number of nitrogens with zero attached hydrogens (tertiary/aromatic N) is 2. The van der Waals surface area contributed by atoms with Gasteiger partial charge in [-0.25, -0.2) is 9.97 Å². The molecule has 0 spiro atoms.